The number of hydrogen-bond donors (Lipinski definition) is 3. The van der Waals surface area contributed by atoms with Crippen molar-refractivity contribution in [3.05, 3.63) is 52.6 Å². The third-order valence-corrected chi connectivity index (χ3v) is 5.44. The van der Waals surface area contributed by atoms with Gasteiger partial charge in [0.1, 0.15) is 5.66 Å². The molecular formula is C19H18N4O2. The highest BCUT2D eigenvalue weighted by molar-refractivity contribution is 6.32. The first kappa shape index (κ1) is 14.5. The lowest BCUT2D eigenvalue weighted by Gasteiger charge is -2.26. The van der Waals surface area contributed by atoms with Crippen molar-refractivity contribution in [2.24, 2.45) is 0 Å². The molecule has 1 aliphatic carbocycles. The van der Waals surface area contributed by atoms with Crippen LogP contribution in [-0.2, 0) is 0 Å². The number of likely N-dealkylation sites (tertiary alicyclic amines) is 1. The van der Waals surface area contributed by atoms with Crippen molar-refractivity contribution in [1.29, 1.82) is 0 Å². The van der Waals surface area contributed by atoms with Crippen LogP contribution in [0.2, 0.25) is 0 Å². The van der Waals surface area contributed by atoms with Gasteiger partial charge in [0.15, 0.2) is 11.6 Å². The summed E-state index contributed by atoms with van der Waals surface area (Å²) in [5.74, 6) is -0.330. The van der Waals surface area contributed by atoms with Gasteiger partial charge in [-0.05, 0) is 25.2 Å². The predicted molar refractivity (Wildman–Crippen MR) is 96.3 cm³/mol. The lowest BCUT2D eigenvalue weighted by Crippen LogP contribution is -2.44. The summed E-state index contributed by atoms with van der Waals surface area (Å²) in [5.41, 5.74) is 9.24. The number of nitrogens with one attached hydrogen (secondary N) is 2. The molecular weight excluding hydrogens is 316 g/mol. The van der Waals surface area contributed by atoms with Crippen molar-refractivity contribution in [1.82, 2.24) is 4.90 Å². The van der Waals surface area contributed by atoms with Crippen LogP contribution < -0.4 is 16.4 Å². The zero-order valence-corrected chi connectivity index (χ0v) is 13.8. The number of anilines is 3. The number of nitrogens with two attached hydrogens (primary N) is 1. The zero-order valence-electron chi connectivity index (χ0n) is 13.8. The van der Waals surface area contributed by atoms with E-state index in [9.17, 15) is 9.59 Å². The second-order valence-corrected chi connectivity index (χ2v) is 7.16. The predicted octanol–water partition coefficient (Wildman–Crippen LogP) is 1.91. The number of hydrogen-bond acceptors (Lipinski definition) is 6. The quantitative estimate of drug-likeness (QED) is 0.545. The molecule has 0 amide bonds. The number of ketones is 2. The summed E-state index contributed by atoms with van der Waals surface area (Å²) in [6.07, 6.45) is 0.929. The summed E-state index contributed by atoms with van der Waals surface area (Å²) in [5, 5.41) is 7.03. The number of nitrogens with zero attached hydrogens (tertiary/aromatic N) is 1. The maximum atomic E-state index is 13.1. The van der Waals surface area contributed by atoms with E-state index in [1.54, 1.807) is 24.3 Å². The molecule has 6 nitrogen and oxygen atoms in total. The van der Waals surface area contributed by atoms with Gasteiger partial charge in [-0.2, -0.15) is 0 Å². The molecule has 2 aromatic rings. The van der Waals surface area contributed by atoms with E-state index in [1.165, 1.54) is 0 Å². The molecule has 3 aliphatic rings. The summed E-state index contributed by atoms with van der Waals surface area (Å²) in [4.78, 5) is 28.3. The third-order valence-electron chi connectivity index (χ3n) is 5.44. The molecule has 4 N–H and O–H groups in total. The van der Waals surface area contributed by atoms with Crippen LogP contribution in [0.4, 0.5) is 17.1 Å². The molecule has 6 heteroatoms. The number of carbonyl (C=O) groups excluding carboxylic acids is 2. The fourth-order valence-electron chi connectivity index (χ4n) is 4.28. The van der Waals surface area contributed by atoms with Crippen LogP contribution in [-0.4, -0.2) is 42.3 Å². The van der Waals surface area contributed by atoms with Crippen molar-refractivity contribution in [2.75, 3.05) is 36.5 Å². The van der Waals surface area contributed by atoms with Crippen LogP contribution in [0.15, 0.2) is 30.3 Å². The molecule has 2 aromatic carbocycles. The van der Waals surface area contributed by atoms with Gasteiger partial charge in [-0.3, -0.25) is 9.59 Å². The highest BCUT2D eigenvalue weighted by Gasteiger charge is 2.44. The maximum Gasteiger partial charge on any atom is 0.196 e. The SMILES string of the molecule is CN1CCC2(C1)Nc1ccc3c(c1N2)C(=O)c1cccc(N)c1C3=O. The Balaban J connectivity index is 1.68. The van der Waals surface area contributed by atoms with Crippen LogP contribution in [0.5, 0.6) is 0 Å². The van der Waals surface area contributed by atoms with Gasteiger partial charge in [-0.15, -0.1) is 0 Å². The van der Waals surface area contributed by atoms with Gasteiger partial charge in [-0.1, -0.05) is 12.1 Å². The van der Waals surface area contributed by atoms with E-state index in [0.29, 0.717) is 27.9 Å². The monoisotopic (exact) mass is 334 g/mol. The average Bonchev–Trinajstić information content (AvgIpc) is 3.13. The molecule has 1 spiro atoms. The summed E-state index contributed by atoms with van der Waals surface area (Å²) in [7, 11) is 2.07. The summed E-state index contributed by atoms with van der Waals surface area (Å²) in [6, 6.07) is 8.66. The molecule has 2 aliphatic heterocycles. The van der Waals surface area contributed by atoms with Crippen LogP contribution in [0, 0.1) is 0 Å². The van der Waals surface area contributed by atoms with Gasteiger partial charge >= 0.3 is 0 Å². The molecule has 25 heavy (non-hydrogen) atoms. The van der Waals surface area contributed by atoms with Crippen LogP contribution >= 0.6 is 0 Å². The topological polar surface area (TPSA) is 87.5 Å². The van der Waals surface area contributed by atoms with E-state index in [2.05, 4.69) is 22.6 Å². The van der Waals surface area contributed by atoms with Crippen molar-refractivity contribution in [2.45, 2.75) is 12.1 Å². The fraction of sp³-hybridized carbons (Fsp3) is 0.263. The summed E-state index contributed by atoms with van der Waals surface area (Å²) in [6.45, 7) is 1.81. The number of fused-ring (bicyclic) bond motifs is 4. The smallest absolute Gasteiger partial charge is 0.196 e. The van der Waals surface area contributed by atoms with Gasteiger partial charge in [0.2, 0.25) is 0 Å². The molecule has 0 aromatic heterocycles. The Bertz CT molecular complexity index is 968. The second kappa shape index (κ2) is 4.61. The first-order valence-electron chi connectivity index (χ1n) is 8.39. The van der Waals surface area contributed by atoms with E-state index in [1.807, 2.05) is 6.07 Å². The first-order valence-corrected chi connectivity index (χ1v) is 8.39. The molecule has 2 heterocycles. The minimum absolute atomic E-state index is 0.147. The second-order valence-electron chi connectivity index (χ2n) is 7.16. The summed E-state index contributed by atoms with van der Waals surface area (Å²) < 4.78 is 0. The Hall–Kier alpha value is -2.86. The minimum Gasteiger partial charge on any atom is -0.398 e. The van der Waals surface area contributed by atoms with E-state index in [-0.39, 0.29) is 17.2 Å². The molecule has 5 rings (SSSR count). The van der Waals surface area contributed by atoms with E-state index in [4.69, 9.17) is 5.73 Å². The van der Waals surface area contributed by atoms with Gasteiger partial charge in [0.05, 0.1) is 22.5 Å². The van der Waals surface area contributed by atoms with Gasteiger partial charge in [-0.25, -0.2) is 0 Å². The van der Waals surface area contributed by atoms with Crippen molar-refractivity contribution in [3.8, 4) is 0 Å². The van der Waals surface area contributed by atoms with Gasteiger partial charge in [0.25, 0.3) is 0 Å². The fourth-order valence-corrected chi connectivity index (χ4v) is 4.28. The molecule has 0 bridgehead atoms. The van der Waals surface area contributed by atoms with Crippen molar-refractivity contribution in [3.63, 3.8) is 0 Å². The van der Waals surface area contributed by atoms with Crippen LogP contribution in [0.3, 0.4) is 0 Å². The Morgan fingerprint density at radius 1 is 1.04 bits per heavy atom. The normalized spacial score (nSPS) is 23.9. The number of carbonyl (C=O) groups is 2. The molecule has 1 saturated heterocycles. The minimum atomic E-state index is -0.272. The first-order chi connectivity index (χ1) is 12.0. The van der Waals surface area contributed by atoms with Crippen molar-refractivity contribution >= 4 is 28.6 Å². The lowest BCUT2D eigenvalue weighted by atomic mass is 9.82. The average molecular weight is 334 g/mol. The largest absolute Gasteiger partial charge is 0.398 e. The molecule has 1 fully saturated rings. The maximum absolute atomic E-state index is 13.1. The van der Waals surface area contributed by atoms with E-state index in [0.717, 1.165) is 30.9 Å². The molecule has 0 radical (unpaired) electrons. The van der Waals surface area contributed by atoms with E-state index >= 15 is 0 Å². The molecule has 0 saturated carbocycles. The Kier molecular flexibility index (Phi) is 2.67. The Morgan fingerprint density at radius 3 is 2.56 bits per heavy atom. The standard InChI is InChI=1S/C19H18N4O2/c1-23-8-7-19(9-23)21-13-6-5-11-15(16(13)22-19)18(25)10-3-2-4-12(20)14(10)17(11)24/h2-6,21-22H,7-9,20H2,1H3. The summed E-state index contributed by atoms with van der Waals surface area (Å²) >= 11 is 0. The van der Waals surface area contributed by atoms with Gasteiger partial charge < -0.3 is 21.3 Å². The number of rotatable bonds is 0. The molecule has 1 atom stereocenters. The number of benzene rings is 2. The van der Waals surface area contributed by atoms with Crippen LogP contribution in [0.1, 0.15) is 38.3 Å². The van der Waals surface area contributed by atoms with Crippen molar-refractivity contribution < 1.29 is 9.59 Å². The van der Waals surface area contributed by atoms with Crippen LogP contribution in [0.25, 0.3) is 0 Å². The molecule has 1 unspecified atom stereocenters. The molecule has 126 valence electrons. The number of nitrogen functional groups attached to an aromatic ring is 1. The highest BCUT2D eigenvalue weighted by atomic mass is 16.1. The number of likely N-dealkylation sites (N-methyl/N-ethyl adjacent to an activating group) is 1. The Labute approximate surface area is 145 Å². The van der Waals surface area contributed by atoms with E-state index < -0.39 is 0 Å². The van der Waals surface area contributed by atoms with Gasteiger partial charge in [0, 0.05) is 36.3 Å². The highest BCUT2D eigenvalue weighted by Crippen LogP contribution is 2.44. The lowest BCUT2D eigenvalue weighted by molar-refractivity contribution is 0.0980. The third kappa shape index (κ3) is 1.83. The zero-order chi connectivity index (χ0) is 17.3. The Morgan fingerprint density at radius 2 is 1.80 bits per heavy atom.